The van der Waals surface area contributed by atoms with Gasteiger partial charge in [-0.1, -0.05) is 28.1 Å². The van der Waals surface area contributed by atoms with Gasteiger partial charge in [0.25, 0.3) is 0 Å². The first-order valence-corrected chi connectivity index (χ1v) is 8.83. The highest BCUT2D eigenvalue weighted by atomic mass is 79.9. The quantitative estimate of drug-likeness (QED) is 0.761. The Hall–Kier alpha value is -2.01. The van der Waals surface area contributed by atoms with Crippen molar-refractivity contribution in [2.24, 2.45) is 0 Å². The molecule has 0 saturated carbocycles. The van der Waals surface area contributed by atoms with E-state index < -0.39 is 5.72 Å². The topological polar surface area (TPSA) is 41.6 Å². The molecule has 1 saturated heterocycles. The molecule has 2 aliphatic rings. The lowest BCUT2D eigenvalue weighted by Gasteiger charge is -2.51. The van der Waals surface area contributed by atoms with Crippen molar-refractivity contribution in [2.75, 3.05) is 4.90 Å². The maximum absolute atomic E-state index is 12.9. The number of urea groups is 1. The minimum atomic E-state index is -0.702. The monoisotopic (exact) mass is 386 g/mol. The van der Waals surface area contributed by atoms with Gasteiger partial charge in [0.15, 0.2) is 5.72 Å². The van der Waals surface area contributed by atoms with Crippen molar-refractivity contribution in [3.05, 3.63) is 57.6 Å². The Balaban J connectivity index is 1.83. The second-order valence-electron chi connectivity index (χ2n) is 6.79. The standard InChI is InChI=1S/C19H19BrN2O2/c1-11-4-5-12(2)16(8-11)22-18(23)21-15-10-19(22,3)24-17-7-6-13(20)9-14(15)17/h4-9,15H,10H2,1-3H3,(H,21,23)/t15-,19+/m1/s1. The van der Waals surface area contributed by atoms with Gasteiger partial charge in [-0.2, -0.15) is 0 Å². The lowest BCUT2D eigenvalue weighted by atomic mass is 9.89. The van der Waals surface area contributed by atoms with Crippen LogP contribution >= 0.6 is 15.9 Å². The number of halogens is 1. The van der Waals surface area contributed by atoms with Crippen molar-refractivity contribution >= 4 is 27.6 Å². The molecule has 2 bridgehead atoms. The SMILES string of the molecule is Cc1ccc(C)c(N2C(=O)N[C@@H]3C[C@]2(C)Oc2ccc(Br)cc23)c1. The van der Waals surface area contributed by atoms with Gasteiger partial charge in [-0.05, 0) is 56.2 Å². The molecule has 2 atom stereocenters. The number of ether oxygens (including phenoxy) is 1. The zero-order chi connectivity index (χ0) is 17.1. The molecule has 2 aliphatic heterocycles. The molecule has 2 aromatic rings. The van der Waals surface area contributed by atoms with Crippen LogP contribution in [0.4, 0.5) is 10.5 Å². The summed E-state index contributed by atoms with van der Waals surface area (Å²) in [4.78, 5) is 14.7. The third-order valence-corrected chi connectivity index (χ3v) is 5.33. The number of anilines is 1. The van der Waals surface area contributed by atoms with Crippen molar-refractivity contribution in [3.8, 4) is 5.75 Å². The molecule has 0 aromatic heterocycles. The van der Waals surface area contributed by atoms with Gasteiger partial charge < -0.3 is 10.1 Å². The largest absolute Gasteiger partial charge is 0.467 e. The molecule has 1 N–H and O–H groups in total. The van der Waals surface area contributed by atoms with E-state index in [0.717, 1.165) is 32.6 Å². The average Bonchev–Trinajstić information content (AvgIpc) is 2.51. The van der Waals surface area contributed by atoms with Gasteiger partial charge in [-0.15, -0.1) is 0 Å². The number of rotatable bonds is 1. The number of benzene rings is 2. The molecule has 124 valence electrons. The van der Waals surface area contributed by atoms with Crippen LogP contribution in [0, 0.1) is 13.8 Å². The Labute approximate surface area is 149 Å². The first-order chi connectivity index (χ1) is 11.4. The van der Waals surface area contributed by atoms with Gasteiger partial charge in [0, 0.05) is 16.5 Å². The van der Waals surface area contributed by atoms with E-state index >= 15 is 0 Å². The van der Waals surface area contributed by atoms with Crippen LogP contribution in [0.15, 0.2) is 40.9 Å². The minimum Gasteiger partial charge on any atom is -0.467 e. The van der Waals surface area contributed by atoms with E-state index in [1.165, 1.54) is 0 Å². The van der Waals surface area contributed by atoms with Crippen molar-refractivity contribution in [2.45, 2.75) is 39.0 Å². The first-order valence-electron chi connectivity index (χ1n) is 8.04. The van der Waals surface area contributed by atoms with E-state index in [2.05, 4.69) is 27.3 Å². The van der Waals surface area contributed by atoms with E-state index in [9.17, 15) is 4.79 Å². The number of aryl methyl sites for hydroxylation is 2. The third-order valence-electron chi connectivity index (χ3n) is 4.84. The molecular formula is C19H19BrN2O2. The number of carbonyl (C=O) groups excluding carboxylic acids is 1. The molecule has 2 aromatic carbocycles. The fraction of sp³-hybridized carbons (Fsp3) is 0.316. The number of nitrogens with one attached hydrogen (secondary N) is 1. The molecule has 2 amide bonds. The first kappa shape index (κ1) is 15.5. The van der Waals surface area contributed by atoms with Gasteiger partial charge in [-0.3, -0.25) is 4.90 Å². The molecule has 4 rings (SSSR count). The summed E-state index contributed by atoms with van der Waals surface area (Å²) in [5.74, 6) is 0.826. The summed E-state index contributed by atoms with van der Waals surface area (Å²) in [6.07, 6.45) is 0.704. The zero-order valence-corrected chi connectivity index (χ0v) is 15.5. The van der Waals surface area contributed by atoms with Gasteiger partial charge in [0.1, 0.15) is 5.75 Å². The Morgan fingerprint density at radius 1 is 1.25 bits per heavy atom. The van der Waals surface area contributed by atoms with Gasteiger partial charge in [-0.25, -0.2) is 4.79 Å². The van der Waals surface area contributed by atoms with Crippen LogP contribution < -0.4 is 15.0 Å². The summed E-state index contributed by atoms with van der Waals surface area (Å²) < 4.78 is 7.31. The molecule has 0 radical (unpaired) electrons. The molecule has 4 nitrogen and oxygen atoms in total. The van der Waals surface area contributed by atoms with Crippen molar-refractivity contribution < 1.29 is 9.53 Å². The lowest BCUT2D eigenvalue weighted by Crippen LogP contribution is -2.65. The molecular weight excluding hydrogens is 368 g/mol. The Morgan fingerprint density at radius 2 is 2.04 bits per heavy atom. The molecule has 0 spiro atoms. The van der Waals surface area contributed by atoms with E-state index in [1.54, 1.807) is 4.90 Å². The second kappa shape index (κ2) is 5.24. The summed E-state index contributed by atoms with van der Waals surface area (Å²) in [7, 11) is 0. The maximum atomic E-state index is 12.9. The summed E-state index contributed by atoms with van der Waals surface area (Å²) in [5.41, 5.74) is 3.39. The van der Waals surface area contributed by atoms with Crippen LogP contribution in [0.5, 0.6) is 5.75 Å². The number of hydrogen-bond donors (Lipinski definition) is 1. The van der Waals surface area contributed by atoms with Crippen LogP contribution in [-0.2, 0) is 0 Å². The number of fused-ring (bicyclic) bond motifs is 4. The van der Waals surface area contributed by atoms with Crippen LogP contribution in [0.25, 0.3) is 0 Å². The predicted molar refractivity (Wildman–Crippen MR) is 97.5 cm³/mol. The molecule has 0 unspecified atom stereocenters. The predicted octanol–water partition coefficient (Wildman–Crippen LogP) is 4.84. The van der Waals surface area contributed by atoms with Crippen molar-refractivity contribution in [3.63, 3.8) is 0 Å². The number of nitrogens with zero attached hydrogens (tertiary/aromatic N) is 1. The van der Waals surface area contributed by atoms with Crippen molar-refractivity contribution in [1.29, 1.82) is 0 Å². The van der Waals surface area contributed by atoms with E-state index in [4.69, 9.17) is 4.74 Å². The maximum Gasteiger partial charge on any atom is 0.325 e. The Kier molecular flexibility index (Phi) is 3.39. The molecule has 5 heteroatoms. The summed E-state index contributed by atoms with van der Waals surface area (Å²) in [5, 5.41) is 3.14. The van der Waals surface area contributed by atoms with E-state index in [0.29, 0.717) is 6.42 Å². The highest BCUT2D eigenvalue weighted by Crippen LogP contribution is 2.46. The summed E-state index contributed by atoms with van der Waals surface area (Å²) >= 11 is 3.50. The summed E-state index contributed by atoms with van der Waals surface area (Å²) in [6, 6.07) is 11.9. The normalized spacial score (nSPS) is 24.9. The van der Waals surface area contributed by atoms with Crippen LogP contribution in [0.3, 0.4) is 0 Å². The second-order valence-corrected chi connectivity index (χ2v) is 7.71. The third kappa shape index (κ3) is 2.30. The Morgan fingerprint density at radius 3 is 2.83 bits per heavy atom. The van der Waals surface area contributed by atoms with Crippen LogP contribution in [0.1, 0.15) is 36.1 Å². The highest BCUT2D eigenvalue weighted by Gasteiger charge is 2.50. The highest BCUT2D eigenvalue weighted by molar-refractivity contribution is 9.10. The molecule has 0 aliphatic carbocycles. The van der Waals surface area contributed by atoms with Crippen LogP contribution in [-0.4, -0.2) is 11.8 Å². The van der Waals surface area contributed by atoms with Gasteiger partial charge in [0.2, 0.25) is 0 Å². The molecule has 24 heavy (non-hydrogen) atoms. The number of carbonyl (C=O) groups is 1. The molecule has 1 fully saturated rings. The lowest BCUT2D eigenvalue weighted by molar-refractivity contribution is 0.0377. The van der Waals surface area contributed by atoms with Crippen molar-refractivity contribution in [1.82, 2.24) is 5.32 Å². The smallest absolute Gasteiger partial charge is 0.325 e. The molecule has 2 heterocycles. The van der Waals surface area contributed by atoms with E-state index in [-0.39, 0.29) is 12.1 Å². The average molecular weight is 387 g/mol. The number of amides is 2. The van der Waals surface area contributed by atoms with Crippen LogP contribution in [0.2, 0.25) is 0 Å². The number of hydrogen-bond acceptors (Lipinski definition) is 2. The zero-order valence-electron chi connectivity index (χ0n) is 13.9. The minimum absolute atomic E-state index is 0.0369. The fourth-order valence-corrected chi connectivity index (χ4v) is 4.05. The Bertz CT molecular complexity index is 851. The summed E-state index contributed by atoms with van der Waals surface area (Å²) in [6.45, 7) is 6.04. The van der Waals surface area contributed by atoms with Gasteiger partial charge in [0.05, 0.1) is 11.7 Å². The van der Waals surface area contributed by atoms with E-state index in [1.807, 2.05) is 51.1 Å². The van der Waals surface area contributed by atoms with Gasteiger partial charge >= 0.3 is 6.03 Å². The fourth-order valence-electron chi connectivity index (χ4n) is 3.67.